The Morgan fingerprint density at radius 3 is 1.70 bits per heavy atom. The molecular formula is C37H25NS2. The molecule has 1 aliphatic heterocycles. The number of benzene rings is 6. The number of thioether (sulfide) groups is 2. The topological polar surface area (TPSA) is 4.93 Å². The second-order valence-corrected chi connectivity index (χ2v) is 12.9. The van der Waals surface area contributed by atoms with Crippen molar-refractivity contribution in [3.05, 3.63) is 163 Å². The second kappa shape index (κ2) is 9.48. The molecule has 0 unspecified atom stereocenters. The van der Waals surface area contributed by atoms with Crippen LogP contribution in [0.3, 0.4) is 0 Å². The summed E-state index contributed by atoms with van der Waals surface area (Å²) in [5, 5.41) is 2.55. The van der Waals surface area contributed by atoms with Crippen LogP contribution in [0.2, 0.25) is 0 Å². The van der Waals surface area contributed by atoms with E-state index in [-0.39, 0.29) is 4.08 Å². The zero-order valence-electron chi connectivity index (χ0n) is 21.7. The Balaban J connectivity index is 1.23. The molecule has 0 amide bonds. The summed E-state index contributed by atoms with van der Waals surface area (Å²) in [7, 11) is 0. The van der Waals surface area contributed by atoms with Crippen molar-refractivity contribution in [1.29, 1.82) is 0 Å². The summed E-state index contributed by atoms with van der Waals surface area (Å²) in [6, 6.07) is 55.2. The lowest BCUT2D eigenvalue weighted by atomic mass is 9.98. The monoisotopic (exact) mass is 547 g/mol. The maximum atomic E-state index is 2.37. The van der Waals surface area contributed by atoms with E-state index >= 15 is 0 Å². The van der Waals surface area contributed by atoms with Gasteiger partial charge in [0.05, 0.1) is 11.0 Å². The molecule has 0 bridgehead atoms. The third-order valence-electron chi connectivity index (χ3n) is 7.80. The highest BCUT2D eigenvalue weighted by Crippen LogP contribution is 2.64. The number of hydrogen-bond acceptors (Lipinski definition) is 2. The Labute approximate surface area is 242 Å². The van der Waals surface area contributed by atoms with Crippen LogP contribution < -0.4 is 0 Å². The van der Waals surface area contributed by atoms with E-state index in [9.17, 15) is 0 Å². The molecule has 8 rings (SSSR count). The summed E-state index contributed by atoms with van der Waals surface area (Å²) < 4.78 is 2.17. The van der Waals surface area contributed by atoms with Gasteiger partial charge in [-0.1, -0.05) is 133 Å². The minimum atomic E-state index is -0.198. The Morgan fingerprint density at radius 2 is 0.975 bits per heavy atom. The highest BCUT2D eigenvalue weighted by Gasteiger charge is 2.42. The number of aromatic nitrogens is 1. The van der Waals surface area contributed by atoms with Crippen molar-refractivity contribution in [3.8, 4) is 16.8 Å². The van der Waals surface area contributed by atoms with Crippen LogP contribution in [0.4, 0.5) is 0 Å². The molecule has 1 aromatic heterocycles. The van der Waals surface area contributed by atoms with Crippen molar-refractivity contribution >= 4 is 45.3 Å². The molecule has 0 atom stereocenters. The average molecular weight is 548 g/mol. The Morgan fingerprint density at radius 1 is 0.425 bits per heavy atom. The van der Waals surface area contributed by atoms with Gasteiger partial charge in [-0.25, -0.2) is 0 Å². The molecule has 40 heavy (non-hydrogen) atoms. The van der Waals surface area contributed by atoms with Gasteiger partial charge in [-0.2, -0.15) is 0 Å². The van der Waals surface area contributed by atoms with E-state index in [0.29, 0.717) is 0 Å². The van der Waals surface area contributed by atoms with Crippen LogP contribution in [0.5, 0.6) is 0 Å². The van der Waals surface area contributed by atoms with Crippen molar-refractivity contribution in [3.63, 3.8) is 0 Å². The van der Waals surface area contributed by atoms with Crippen LogP contribution in [0.25, 0.3) is 38.6 Å². The number of rotatable bonds is 4. The SMILES string of the molecule is c1ccc(-n2c3ccccc3c3cc(-c4ccc(C5(c6ccccc6)Sc6ccccc6S5)cc4)ccc32)cc1. The fourth-order valence-electron chi connectivity index (χ4n) is 5.90. The summed E-state index contributed by atoms with van der Waals surface area (Å²) in [5.41, 5.74) is 8.75. The molecule has 0 aliphatic carbocycles. The van der Waals surface area contributed by atoms with Crippen molar-refractivity contribution in [2.45, 2.75) is 13.9 Å². The van der Waals surface area contributed by atoms with Gasteiger partial charge in [0.15, 0.2) is 0 Å². The molecule has 2 heterocycles. The van der Waals surface area contributed by atoms with Crippen molar-refractivity contribution in [2.24, 2.45) is 0 Å². The van der Waals surface area contributed by atoms with E-state index in [4.69, 9.17) is 0 Å². The lowest BCUT2D eigenvalue weighted by Crippen LogP contribution is -2.16. The highest BCUT2D eigenvalue weighted by atomic mass is 32.2. The van der Waals surface area contributed by atoms with Crippen molar-refractivity contribution < 1.29 is 0 Å². The molecule has 7 aromatic rings. The zero-order valence-corrected chi connectivity index (χ0v) is 23.3. The van der Waals surface area contributed by atoms with Crippen LogP contribution in [0, 0.1) is 0 Å². The molecule has 0 spiro atoms. The van der Waals surface area contributed by atoms with Crippen LogP contribution in [-0.2, 0) is 4.08 Å². The lowest BCUT2D eigenvalue weighted by Gasteiger charge is -2.28. The number of nitrogens with zero attached hydrogens (tertiary/aromatic N) is 1. The first-order valence-corrected chi connectivity index (χ1v) is 15.2. The Bertz CT molecular complexity index is 1970. The standard InChI is InChI=1S/C37H25NS2/c1-3-11-28(12-4-1)37(39-35-17-9-10-18-36(35)40-37)29-22-19-26(20-23-29)27-21-24-34-32(25-27)31-15-7-8-16-33(31)38(34)30-13-5-2-6-14-30/h1-25H. The average Bonchev–Trinajstić information content (AvgIpc) is 3.59. The van der Waals surface area contributed by atoms with Gasteiger partial charge in [-0.3, -0.25) is 0 Å². The fraction of sp³-hybridized carbons (Fsp3) is 0.0270. The minimum absolute atomic E-state index is 0.198. The lowest BCUT2D eigenvalue weighted by molar-refractivity contribution is 1.08. The summed E-state index contributed by atoms with van der Waals surface area (Å²) in [4.78, 5) is 2.70. The number of fused-ring (bicyclic) bond motifs is 4. The number of para-hydroxylation sites is 2. The van der Waals surface area contributed by atoms with Gasteiger partial charge in [0.25, 0.3) is 0 Å². The first-order valence-electron chi connectivity index (χ1n) is 13.5. The van der Waals surface area contributed by atoms with Crippen LogP contribution in [0.15, 0.2) is 161 Å². The van der Waals surface area contributed by atoms with Gasteiger partial charge in [-0.15, -0.1) is 0 Å². The van der Waals surface area contributed by atoms with E-state index in [0.717, 1.165) is 0 Å². The third-order valence-corrected chi connectivity index (χ3v) is 11.1. The van der Waals surface area contributed by atoms with E-state index in [2.05, 4.69) is 156 Å². The molecule has 0 saturated carbocycles. The summed E-state index contributed by atoms with van der Waals surface area (Å²) in [6.45, 7) is 0. The predicted octanol–water partition coefficient (Wildman–Crippen LogP) is 10.5. The van der Waals surface area contributed by atoms with E-state index in [1.54, 1.807) is 0 Å². The van der Waals surface area contributed by atoms with E-state index < -0.39 is 0 Å². The Hall–Kier alpha value is -4.18. The van der Waals surface area contributed by atoms with Gasteiger partial charge in [0, 0.05) is 26.3 Å². The maximum Gasteiger partial charge on any atom is 0.120 e. The molecule has 1 aliphatic rings. The first-order chi connectivity index (χ1) is 19.8. The minimum Gasteiger partial charge on any atom is -0.309 e. The maximum absolute atomic E-state index is 2.37. The molecule has 6 aromatic carbocycles. The summed E-state index contributed by atoms with van der Waals surface area (Å²) >= 11 is 3.91. The molecule has 3 heteroatoms. The summed E-state index contributed by atoms with van der Waals surface area (Å²) in [6.07, 6.45) is 0. The molecular weight excluding hydrogens is 523 g/mol. The molecule has 1 nitrogen and oxygen atoms in total. The van der Waals surface area contributed by atoms with Crippen molar-refractivity contribution in [2.75, 3.05) is 0 Å². The molecule has 0 fully saturated rings. The van der Waals surface area contributed by atoms with Gasteiger partial charge < -0.3 is 4.57 Å². The molecule has 0 saturated heterocycles. The van der Waals surface area contributed by atoms with Crippen LogP contribution in [-0.4, -0.2) is 4.57 Å². The highest BCUT2D eigenvalue weighted by molar-refractivity contribution is 8.20. The first kappa shape index (κ1) is 23.7. The number of hydrogen-bond donors (Lipinski definition) is 0. The van der Waals surface area contributed by atoms with Gasteiger partial charge in [0.2, 0.25) is 0 Å². The normalized spacial score (nSPS) is 14.0. The largest absolute Gasteiger partial charge is 0.309 e. The van der Waals surface area contributed by atoms with E-state index in [1.165, 1.54) is 59.5 Å². The second-order valence-electron chi connectivity index (χ2n) is 10.1. The van der Waals surface area contributed by atoms with E-state index in [1.807, 2.05) is 23.5 Å². The third kappa shape index (κ3) is 3.73. The Kier molecular flexibility index (Phi) is 5.61. The smallest absolute Gasteiger partial charge is 0.120 e. The van der Waals surface area contributed by atoms with Crippen LogP contribution >= 0.6 is 23.5 Å². The quantitative estimate of drug-likeness (QED) is 0.216. The van der Waals surface area contributed by atoms with Crippen LogP contribution in [0.1, 0.15) is 11.1 Å². The van der Waals surface area contributed by atoms with Gasteiger partial charge in [0.1, 0.15) is 4.08 Å². The molecule has 0 N–H and O–H groups in total. The summed E-state index contributed by atoms with van der Waals surface area (Å²) in [5.74, 6) is 0. The molecule has 190 valence electrons. The van der Waals surface area contributed by atoms with Gasteiger partial charge in [-0.05, 0) is 64.7 Å². The fourth-order valence-corrected chi connectivity index (χ4v) is 9.12. The van der Waals surface area contributed by atoms with Gasteiger partial charge >= 0.3 is 0 Å². The van der Waals surface area contributed by atoms with Crippen molar-refractivity contribution in [1.82, 2.24) is 4.57 Å². The zero-order chi connectivity index (χ0) is 26.5. The molecule has 0 radical (unpaired) electrons. The predicted molar refractivity (Wildman–Crippen MR) is 172 cm³/mol.